The fourth-order valence-corrected chi connectivity index (χ4v) is 2.51. The van der Waals surface area contributed by atoms with Gasteiger partial charge in [0.25, 0.3) is 0 Å². The summed E-state index contributed by atoms with van der Waals surface area (Å²) in [6.45, 7) is 0. The van der Waals surface area contributed by atoms with Crippen LogP contribution in [0.15, 0.2) is 60.7 Å². The molecule has 2 rings (SSSR count). The van der Waals surface area contributed by atoms with Crippen LogP contribution in [-0.4, -0.2) is 11.1 Å². The summed E-state index contributed by atoms with van der Waals surface area (Å²) in [6, 6.07) is 20.1. The normalized spacial score (nSPS) is 11.9. The monoisotopic (exact) mass is 283 g/mol. The minimum absolute atomic E-state index is 0.193. The van der Waals surface area contributed by atoms with Gasteiger partial charge in [0.2, 0.25) is 5.91 Å². The Hall–Kier alpha value is -2.13. The second-order valence-electron chi connectivity index (χ2n) is 5.24. The van der Waals surface area contributed by atoms with Gasteiger partial charge in [-0.1, -0.05) is 60.7 Å². The smallest absolute Gasteiger partial charge is 0.246 e. The predicted octanol–water partition coefficient (Wildman–Crippen LogP) is 3.37. The Morgan fingerprint density at radius 2 is 1.52 bits per heavy atom. The molecule has 0 saturated heterocycles. The Morgan fingerprint density at radius 1 is 0.952 bits per heavy atom. The standard InChI is InChI=1S/C18H21NO2/c20-18(19-21)17(14-16-10-5-2-6-11-16)13-7-12-15-8-3-1-4-9-15/h1-6,8-11,17,21H,7,12-14H2,(H,19,20). The highest BCUT2D eigenvalue weighted by Gasteiger charge is 2.18. The molecule has 2 aromatic carbocycles. The lowest BCUT2D eigenvalue weighted by Gasteiger charge is -2.15. The third-order valence-electron chi connectivity index (χ3n) is 3.67. The summed E-state index contributed by atoms with van der Waals surface area (Å²) in [6.07, 6.45) is 3.29. The van der Waals surface area contributed by atoms with Crippen molar-refractivity contribution < 1.29 is 10.0 Å². The average molecular weight is 283 g/mol. The van der Waals surface area contributed by atoms with Gasteiger partial charge in [0.05, 0.1) is 0 Å². The summed E-state index contributed by atoms with van der Waals surface area (Å²) >= 11 is 0. The molecule has 3 heteroatoms. The molecule has 0 aromatic heterocycles. The van der Waals surface area contributed by atoms with E-state index in [9.17, 15) is 4.79 Å². The average Bonchev–Trinajstić information content (AvgIpc) is 2.55. The molecule has 1 amide bonds. The molecule has 0 aliphatic carbocycles. The Morgan fingerprint density at radius 3 is 2.10 bits per heavy atom. The van der Waals surface area contributed by atoms with Crippen LogP contribution in [0.5, 0.6) is 0 Å². The first-order chi connectivity index (χ1) is 10.3. The van der Waals surface area contributed by atoms with Crippen molar-refractivity contribution in [1.29, 1.82) is 0 Å². The van der Waals surface area contributed by atoms with Gasteiger partial charge in [0.1, 0.15) is 0 Å². The van der Waals surface area contributed by atoms with Crippen LogP contribution in [0.25, 0.3) is 0 Å². The number of hydroxylamine groups is 1. The van der Waals surface area contributed by atoms with E-state index in [4.69, 9.17) is 5.21 Å². The van der Waals surface area contributed by atoms with Gasteiger partial charge < -0.3 is 0 Å². The summed E-state index contributed by atoms with van der Waals surface area (Å²) in [5.74, 6) is -0.493. The molecule has 1 atom stereocenters. The molecule has 2 N–H and O–H groups in total. The molecule has 3 nitrogen and oxygen atoms in total. The van der Waals surface area contributed by atoms with Crippen molar-refractivity contribution in [2.24, 2.45) is 5.92 Å². The fourth-order valence-electron chi connectivity index (χ4n) is 2.51. The third-order valence-corrected chi connectivity index (χ3v) is 3.67. The van der Waals surface area contributed by atoms with Crippen LogP contribution >= 0.6 is 0 Å². The van der Waals surface area contributed by atoms with E-state index < -0.39 is 0 Å². The van der Waals surface area contributed by atoms with Crippen LogP contribution in [0.3, 0.4) is 0 Å². The van der Waals surface area contributed by atoms with Crippen molar-refractivity contribution in [2.75, 3.05) is 0 Å². The molecule has 1 unspecified atom stereocenters. The quantitative estimate of drug-likeness (QED) is 0.604. The van der Waals surface area contributed by atoms with E-state index >= 15 is 0 Å². The number of rotatable bonds is 7. The zero-order valence-electron chi connectivity index (χ0n) is 12.0. The molecule has 0 aliphatic rings. The van der Waals surface area contributed by atoms with Crippen LogP contribution in [0.4, 0.5) is 0 Å². The lowest BCUT2D eigenvalue weighted by Crippen LogP contribution is -2.29. The zero-order valence-corrected chi connectivity index (χ0v) is 12.0. The van der Waals surface area contributed by atoms with Crippen LogP contribution < -0.4 is 5.48 Å². The van der Waals surface area contributed by atoms with E-state index in [2.05, 4.69) is 12.1 Å². The summed E-state index contributed by atoms with van der Waals surface area (Å²) in [5, 5.41) is 8.90. The largest absolute Gasteiger partial charge is 0.289 e. The highest BCUT2D eigenvalue weighted by atomic mass is 16.5. The fraction of sp³-hybridized carbons (Fsp3) is 0.278. The second-order valence-corrected chi connectivity index (χ2v) is 5.24. The summed E-state index contributed by atoms with van der Waals surface area (Å²) < 4.78 is 0. The molecule has 0 fully saturated rings. The Bertz CT molecular complexity index is 540. The molecule has 2 aromatic rings. The van der Waals surface area contributed by atoms with Gasteiger partial charge in [-0.3, -0.25) is 10.0 Å². The predicted molar refractivity (Wildman–Crippen MR) is 82.9 cm³/mol. The maximum absolute atomic E-state index is 11.8. The number of amides is 1. The van der Waals surface area contributed by atoms with Gasteiger partial charge >= 0.3 is 0 Å². The highest BCUT2D eigenvalue weighted by molar-refractivity contribution is 5.77. The number of benzene rings is 2. The maximum Gasteiger partial charge on any atom is 0.246 e. The van der Waals surface area contributed by atoms with Crippen molar-refractivity contribution in [2.45, 2.75) is 25.7 Å². The van der Waals surface area contributed by atoms with Crippen LogP contribution in [0.2, 0.25) is 0 Å². The Kier molecular flexibility index (Phi) is 5.98. The molecule has 0 saturated carbocycles. The first-order valence-electron chi connectivity index (χ1n) is 7.31. The first-order valence-corrected chi connectivity index (χ1v) is 7.31. The molecule has 0 bridgehead atoms. The minimum atomic E-state index is -0.299. The third kappa shape index (κ3) is 5.04. The molecule has 0 heterocycles. The number of carbonyl (C=O) groups is 1. The molecule has 21 heavy (non-hydrogen) atoms. The van der Waals surface area contributed by atoms with Crippen molar-refractivity contribution in [1.82, 2.24) is 5.48 Å². The number of hydrogen-bond donors (Lipinski definition) is 2. The summed E-state index contributed by atoms with van der Waals surface area (Å²) in [5.41, 5.74) is 4.19. The van der Waals surface area contributed by atoms with Gasteiger partial charge in [-0.25, -0.2) is 5.48 Å². The molecule has 0 radical (unpaired) electrons. The van der Waals surface area contributed by atoms with Gasteiger partial charge in [0.15, 0.2) is 0 Å². The van der Waals surface area contributed by atoms with Crippen molar-refractivity contribution in [3.63, 3.8) is 0 Å². The molecule has 0 spiro atoms. The molecular weight excluding hydrogens is 262 g/mol. The van der Waals surface area contributed by atoms with Crippen molar-refractivity contribution in [3.8, 4) is 0 Å². The van der Waals surface area contributed by atoms with Crippen molar-refractivity contribution >= 4 is 5.91 Å². The van der Waals surface area contributed by atoms with E-state index in [1.807, 2.05) is 48.5 Å². The van der Waals surface area contributed by atoms with E-state index in [-0.39, 0.29) is 11.8 Å². The lowest BCUT2D eigenvalue weighted by atomic mass is 9.92. The molecule has 110 valence electrons. The minimum Gasteiger partial charge on any atom is -0.289 e. The van der Waals surface area contributed by atoms with Crippen LogP contribution in [0, 0.1) is 5.92 Å². The van der Waals surface area contributed by atoms with Gasteiger partial charge in [-0.15, -0.1) is 0 Å². The zero-order chi connectivity index (χ0) is 14.9. The first kappa shape index (κ1) is 15.3. The Balaban J connectivity index is 1.89. The topological polar surface area (TPSA) is 49.3 Å². The van der Waals surface area contributed by atoms with Gasteiger partial charge in [-0.05, 0) is 36.8 Å². The summed E-state index contributed by atoms with van der Waals surface area (Å²) in [4.78, 5) is 11.8. The van der Waals surface area contributed by atoms with E-state index in [0.717, 1.165) is 24.8 Å². The summed E-state index contributed by atoms with van der Waals surface area (Å²) in [7, 11) is 0. The van der Waals surface area contributed by atoms with Gasteiger partial charge in [0, 0.05) is 5.92 Å². The lowest BCUT2D eigenvalue weighted by molar-refractivity contribution is -0.133. The number of carbonyl (C=O) groups excluding carboxylic acids is 1. The second kappa shape index (κ2) is 8.22. The number of aryl methyl sites for hydroxylation is 1. The Labute approximate surface area is 125 Å². The van der Waals surface area contributed by atoms with E-state index in [0.29, 0.717) is 6.42 Å². The van der Waals surface area contributed by atoms with Crippen molar-refractivity contribution in [3.05, 3.63) is 71.8 Å². The van der Waals surface area contributed by atoms with E-state index in [1.165, 1.54) is 5.56 Å². The van der Waals surface area contributed by atoms with Crippen LogP contribution in [0.1, 0.15) is 24.0 Å². The van der Waals surface area contributed by atoms with Gasteiger partial charge in [-0.2, -0.15) is 0 Å². The maximum atomic E-state index is 11.8. The van der Waals surface area contributed by atoms with Crippen LogP contribution in [-0.2, 0) is 17.6 Å². The molecule has 0 aliphatic heterocycles. The number of nitrogens with one attached hydrogen (secondary N) is 1. The SMILES string of the molecule is O=C(NO)C(CCCc1ccccc1)Cc1ccccc1. The van der Waals surface area contributed by atoms with E-state index in [1.54, 1.807) is 5.48 Å². The highest BCUT2D eigenvalue weighted by Crippen LogP contribution is 2.16. The number of hydrogen-bond acceptors (Lipinski definition) is 2. The molecular formula is C18H21NO2.